The molecule has 0 saturated carbocycles. The summed E-state index contributed by atoms with van der Waals surface area (Å²) < 4.78 is 5.31. The van der Waals surface area contributed by atoms with Crippen molar-refractivity contribution in [2.24, 2.45) is 4.99 Å². The smallest absolute Gasteiger partial charge is 0.241 e. The molecule has 1 atom stereocenters. The van der Waals surface area contributed by atoms with Gasteiger partial charge in [0.25, 0.3) is 0 Å². The van der Waals surface area contributed by atoms with Crippen LogP contribution in [0.5, 0.6) is 5.75 Å². The van der Waals surface area contributed by atoms with Crippen LogP contribution in [-0.4, -0.2) is 69.7 Å². The Kier molecular flexibility index (Phi) is 8.46. The van der Waals surface area contributed by atoms with Crippen molar-refractivity contribution in [2.75, 3.05) is 51.8 Å². The highest BCUT2D eigenvalue weighted by atomic mass is 127. The molecule has 1 amide bonds. The molecule has 1 aromatic carbocycles. The topological polar surface area (TPSA) is 69.2 Å². The van der Waals surface area contributed by atoms with Gasteiger partial charge in [0.05, 0.1) is 13.7 Å². The number of methoxy groups -OCH3 is 1. The highest BCUT2D eigenvalue weighted by Gasteiger charge is 2.24. The number of likely N-dealkylation sites (tertiary alicyclic amines) is 1. The van der Waals surface area contributed by atoms with E-state index in [0.717, 1.165) is 51.2 Å². The first kappa shape index (κ1) is 21.6. The number of halogens is 1. The van der Waals surface area contributed by atoms with Gasteiger partial charge in [0.1, 0.15) is 5.75 Å². The number of rotatable bonds is 5. The minimum absolute atomic E-state index is 0. The van der Waals surface area contributed by atoms with E-state index in [0.29, 0.717) is 18.5 Å². The maximum absolute atomic E-state index is 12.2. The zero-order valence-corrected chi connectivity index (χ0v) is 18.4. The molecule has 2 heterocycles. The fourth-order valence-corrected chi connectivity index (χ4v) is 3.55. The summed E-state index contributed by atoms with van der Waals surface area (Å²) in [5.41, 5.74) is 1.17. The molecule has 0 aliphatic carbocycles. The molecule has 0 radical (unpaired) electrons. The number of nitrogens with zero attached hydrogens (tertiary/aromatic N) is 3. The minimum atomic E-state index is 0. The molecule has 0 bridgehead atoms. The molecule has 8 heteroatoms. The van der Waals surface area contributed by atoms with Crippen molar-refractivity contribution in [3.8, 4) is 5.75 Å². The maximum Gasteiger partial charge on any atom is 0.241 e. The predicted octanol–water partition coefficient (Wildman–Crippen LogP) is 1.68. The molecule has 2 aliphatic rings. The van der Waals surface area contributed by atoms with E-state index in [9.17, 15) is 4.79 Å². The van der Waals surface area contributed by atoms with Crippen LogP contribution in [0.2, 0.25) is 0 Å². The Labute approximate surface area is 178 Å². The molecule has 7 nitrogen and oxygen atoms in total. The number of aliphatic imine (C=N–C) groups is 1. The molecule has 0 aromatic heterocycles. The van der Waals surface area contributed by atoms with Gasteiger partial charge < -0.3 is 25.2 Å². The van der Waals surface area contributed by atoms with Crippen LogP contribution in [0, 0.1) is 0 Å². The average Bonchev–Trinajstić information content (AvgIpc) is 3.37. The van der Waals surface area contributed by atoms with Crippen molar-refractivity contribution >= 4 is 41.5 Å². The number of hydrogen-bond acceptors (Lipinski definition) is 4. The molecule has 0 spiro atoms. The van der Waals surface area contributed by atoms with Gasteiger partial charge in [-0.05, 0) is 31.4 Å². The van der Waals surface area contributed by atoms with Crippen LogP contribution in [0.4, 0.5) is 5.69 Å². The highest BCUT2D eigenvalue weighted by Crippen LogP contribution is 2.24. The molecule has 27 heavy (non-hydrogen) atoms. The first-order chi connectivity index (χ1) is 12.7. The molecule has 2 aliphatic heterocycles. The molecule has 2 N–H and O–H groups in total. The van der Waals surface area contributed by atoms with Crippen LogP contribution < -0.4 is 20.3 Å². The van der Waals surface area contributed by atoms with Crippen molar-refractivity contribution in [3.63, 3.8) is 0 Å². The number of ether oxygens (including phenoxy) is 1. The first-order valence-corrected chi connectivity index (χ1v) is 9.33. The number of anilines is 1. The van der Waals surface area contributed by atoms with Crippen LogP contribution in [0.3, 0.4) is 0 Å². The standard InChI is InChI=1S/C19H29N5O2.HI/c1-20-19(21-13-18(25)23-9-3-4-10-23)22-15-8-11-24(14-15)16-6-5-7-17(12-16)26-2;/h5-7,12,15H,3-4,8-11,13-14H2,1-2H3,(H2,20,21,22);1H. The molecule has 2 fully saturated rings. The third-order valence-corrected chi connectivity index (χ3v) is 5.04. The highest BCUT2D eigenvalue weighted by molar-refractivity contribution is 14.0. The lowest BCUT2D eigenvalue weighted by molar-refractivity contribution is -0.128. The van der Waals surface area contributed by atoms with Gasteiger partial charge in [0.15, 0.2) is 5.96 Å². The average molecular weight is 487 g/mol. The van der Waals surface area contributed by atoms with Gasteiger partial charge in [0, 0.05) is 51.0 Å². The summed E-state index contributed by atoms with van der Waals surface area (Å²) in [6.07, 6.45) is 3.25. The van der Waals surface area contributed by atoms with Gasteiger partial charge in [-0.3, -0.25) is 9.79 Å². The summed E-state index contributed by atoms with van der Waals surface area (Å²) in [4.78, 5) is 20.7. The minimum Gasteiger partial charge on any atom is -0.497 e. The van der Waals surface area contributed by atoms with E-state index < -0.39 is 0 Å². The van der Waals surface area contributed by atoms with Gasteiger partial charge >= 0.3 is 0 Å². The Morgan fingerprint density at radius 1 is 1.30 bits per heavy atom. The van der Waals surface area contributed by atoms with Crippen LogP contribution in [0.15, 0.2) is 29.3 Å². The summed E-state index contributed by atoms with van der Waals surface area (Å²) in [6, 6.07) is 8.43. The number of nitrogens with one attached hydrogen (secondary N) is 2. The number of amides is 1. The van der Waals surface area contributed by atoms with Crippen molar-refractivity contribution in [2.45, 2.75) is 25.3 Å². The zero-order chi connectivity index (χ0) is 18.4. The second-order valence-electron chi connectivity index (χ2n) is 6.79. The summed E-state index contributed by atoms with van der Waals surface area (Å²) in [5, 5.41) is 6.59. The molecule has 150 valence electrons. The summed E-state index contributed by atoms with van der Waals surface area (Å²) in [6.45, 7) is 3.93. The fraction of sp³-hybridized carbons (Fsp3) is 0.579. The molecule has 2 saturated heterocycles. The lowest BCUT2D eigenvalue weighted by Crippen LogP contribution is -2.48. The van der Waals surface area contributed by atoms with Gasteiger partial charge in [0.2, 0.25) is 5.91 Å². The van der Waals surface area contributed by atoms with Crippen LogP contribution >= 0.6 is 24.0 Å². The summed E-state index contributed by atoms with van der Waals surface area (Å²) in [5.74, 6) is 1.71. The molecule has 3 rings (SSSR count). The maximum atomic E-state index is 12.2. The number of carbonyl (C=O) groups excluding carboxylic acids is 1. The Morgan fingerprint density at radius 3 is 2.78 bits per heavy atom. The lowest BCUT2D eigenvalue weighted by Gasteiger charge is -2.21. The van der Waals surface area contributed by atoms with Gasteiger partial charge in [-0.1, -0.05) is 6.07 Å². The third-order valence-electron chi connectivity index (χ3n) is 5.04. The Bertz CT molecular complexity index is 649. The van der Waals surface area contributed by atoms with Crippen molar-refractivity contribution in [1.29, 1.82) is 0 Å². The van der Waals surface area contributed by atoms with E-state index in [1.54, 1.807) is 14.2 Å². The van der Waals surface area contributed by atoms with E-state index in [1.165, 1.54) is 5.69 Å². The molecule has 1 aromatic rings. The Morgan fingerprint density at radius 2 is 2.07 bits per heavy atom. The summed E-state index contributed by atoms with van der Waals surface area (Å²) in [7, 11) is 3.43. The van der Waals surface area contributed by atoms with Crippen molar-refractivity contribution in [1.82, 2.24) is 15.5 Å². The van der Waals surface area contributed by atoms with E-state index in [2.05, 4.69) is 32.7 Å². The van der Waals surface area contributed by atoms with Gasteiger partial charge in [-0.25, -0.2) is 0 Å². The number of hydrogen-bond donors (Lipinski definition) is 2. The van der Waals surface area contributed by atoms with E-state index in [-0.39, 0.29) is 29.9 Å². The summed E-state index contributed by atoms with van der Waals surface area (Å²) >= 11 is 0. The van der Waals surface area contributed by atoms with Gasteiger partial charge in [-0.2, -0.15) is 0 Å². The normalized spacial score (nSPS) is 19.6. The first-order valence-electron chi connectivity index (χ1n) is 9.33. The van der Waals surface area contributed by atoms with Crippen molar-refractivity contribution < 1.29 is 9.53 Å². The van der Waals surface area contributed by atoms with Crippen LogP contribution in [0.25, 0.3) is 0 Å². The Balaban J connectivity index is 0.00000261. The van der Waals surface area contributed by atoms with E-state index in [4.69, 9.17) is 4.74 Å². The SMILES string of the molecule is CN=C(NCC(=O)N1CCCC1)NC1CCN(c2cccc(OC)c2)C1.I. The second kappa shape index (κ2) is 10.6. The zero-order valence-electron chi connectivity index (χ0n) is 16.1. The molecular formula is C19H30IN5O2. The Hall–Kier alpha value is -1.71. The van der Waals surface area contributed by atoms with Crippen LogP contribution in [0.1, 0.15) is 19.3 Å². The lowest BCUT2D eigenvalue weighted by atomic mass is 10.2. The number of benzene rings is 1. The van der Waals surface area contributed by atoms with E-state index in [1.807, 2.05) is 17.0 Å². The quantitative estimate of drug-likeness (QED) is 0.376. The van der Waals surface area contributed by atoms with Crippen molar-refractivity contribution in [3.05, 3.63) is 24.3 Å². The van der Waals surface area contributed by atoms with Gasteiger partial charge in [-0.15, -0.1) is 24.0 Å². The fourth-order valence-electron chi connectivity index (χ4n) is 3.55. The van der Waals surface area contributed by atoms with Crippen LogP contribution in [-0.2, 0) is 4.79 Å². The molecular weight excluding hydrogens is 457 g/mol. The monoisotopic (exact) mass is 487 g/mol. The third kappa shape index (κ3) is 5.88. The largest absolute Gasteiger partial charge is 0.497 e. The number of carbonyl (C=O) groups is 1. The second-order valence-corrected chi connectivity index (χ2v) is 6.79. The van der Waals surface area contributed by atoms with E-state index >= 15 is 0 Å². The number of guanidine groups is 1. The predicted molar refractivity (Wildman–Crippen MR) is 119 cm³/mol. The molecule has 1 unspecified atom stereocenters.